The molecule has 9 aromatic carbocycles. The molecule has 0 atom stereocenters. The molecule has 0 aliphatic carbocycles. The number of rotatable bonds is 8. The predicted molar refractivity (Wildman–Crippen MR) is 252 cm³/mol. The van der Waals surface area contributed by atoms with Crippen molar-refractivity contribution in [3.8, 4) is 84.4 Å². The van der Waals surface area contributed by atoms with Gasteiger partial charge in [0.1, 0.15) is 0 Å². The van der Waals surface area contributed by atoms with Crippen LogP contribution in [0.3, 0.4) is 0 Å². The monoisotopic (exact) mass is 814 g/mol. The van der Waals surface area contributed by atoms with Crippen LogP contribution in [0.2, 0.25) is 0 Å². The topological polar surface area (TPSA) is 43.6 Å². The number of benzene rings is 9. The highest BCUT2D eigenvalue weighted by molar-refractivity contribution is 6.16. The summed E-state index contributed by atoms with van der Waals surface area (Å²) < 4.78 is 314. The fraction of sp³-hybridized carbons (Fsp3) is 0. The van der Waals surface area contributed by atoms with Crippen molar-refractivity contribution < 1.29 is 48.0 Å². The summed E-state index contributed by atoms with van der Waals surface area (Å²) in [5.41, 5.74) is -10.3. The molecule has 2 heterocycles. The molecule has 4 heteroatoms. The molecule has 11 rings (SSSR count). The number of hydrogen-bond acceptors (Lipinski definition) is 3. The van der Waals surface area contributed by atoms with Crippen molar-refractivity contribution >= 4 is 21.8 Å². The Bertz CT molecular complexity index is 5320. The van der Waals surface area contributed by atoms with Crippen LogP contribution < -0.4 is 0 Å². The van der Waals surface area contributed by atoms with E-state index in [1.54, 1.807) is 0 Å². The zero-order valence-electron chi connectivity index (χ0n) is 65.5. The highest BCUT2D eigenvalue weighted by Gasteiger charge is 2.22. The Morgan fingerprint density at radius 3 is 1.44 bits per heavy atom. The van der Waals surface area contributed by atoms with Crippen molar-refractivity contribution in [3.05, 3.63) is 230 Å². The molecule has 0 aliphatic rings. The van der Waals surface area contributed by atoms with Gasteiger partial charge >= 0.3 is 0 Å². The van der Waals surface area contributed by atoms with E-state index in [1.807, 2.05) is 0 Å². The van der Waals surface area contributed by atoms with Gasteiger partial charge in [0.15, 0.2) is 17.5 Å². The Hall–Kier alpha value is -8.21. The minimum atomic E-state index is -1.10. The van der Waals surface area contributed by atoms with Crippen LogP contribution >= 0.6 is 0 Å². The minimum absolute atomic E-state index is 0.446. The maximum absolute atomic E-state index is 9.71. The molecule has 0 aliphatic heterocycles. The van der Waals surface area contributed by atoms with Crippen molar-refractivity contribution in [2.24, 2.45) is 0 Å². The van der Waals surface area contributed by atoms with Crippen molar-refractivity contribution in [1.82, 2.24) is 19.5 Å². The summed E-state index contributed by atoms with van der Waals surface area (Å²) in [5, 5.41) is -1.24. The first kappa shape index (κ1) is 14.8. The summed E-state index contributed by atoms with van der Waals surface area (Å²) in [7, 11) is 0. The van der Waals surface area contributed by atoms with Crippen LogP contribution in [0.1, 0.15) is 48.0 Å². The van der Waals surface area contributed by atoms with Gasteiger partial charge < -0.3 is 4.57 Å². The molecule has 0 saturated carbocycles. The van der Waals surface area contributed by atoms with Gasteiger partial charge in [-0.1, -0.05) is 193 Å². The van der Waals surface area contributed by atoms with E-state index < -0.39 is 318 Å². The zero-order chi connectivity index (χ0) is 71.0. The fourth-order valence-electron chi connectivity index (χ4n) is 6.47. The van der Waals surface area contributed by atoms with Crippen molar-refractivity contribution in [1.29, 1.82) is 0 Å². The first-order chi connectivity index (χ1) is 44.8. The lowest BCUT2D eigenvalue weighted by Crippen LogP contribution is -2.04. The predicted octanol–water partition coefficient (Wildman–Crippen LogP) is 14.6. The number of hydrogen-bond donors (Lipinski definition) is 0. The Balaban J connectivity index is 1.41. The summed E-state index contributed by atoms with van der Waals surface area (Å²) in [4.78, 5) is 13.6. The van der Waals surface area contributed by atoms with E-state index >= 15 is 0 Å². The van der Waals surface area contributed by atoms with Crippen molar-refractivity contribution in [3.63, 3.8) is 0 Å². The first-order valence-corrected chi connectivity index (χ1v) is 17.8. The molecular formula is C57H38N4. The summed E-state index contributed by atoms with van der Waals surface area (Å²) in [6.45, 7) is 0. The van der Waals surface area contributed by atoms with Gasteiger partial charge in [0.2, 0.25) is 0 Å². The average molecular weight is 814 g/mol. The van der Waals surface area contributed by atoms with Gasteiger partial charge in [-0.3, -0.25) is 0 Å². The smallest absolute Gasteiger partial charge is 0.166 e. The van der Waals surface area contributed by atoms with Crippen LogP contribution in [-0.2, 0) is 0 Å². The number of para-hydroxylation sites is 1. The third-order valence-corrected chi connectivity index (χ3v) is 9.07. The van der Waals surface area contributed by atoms with E-state index in [0.717, 1.165) is 22.8 Å². The maximum Gasteiger partial charge on any atom is 0.166 e. The van der Waals surface area contributed by atoms with Gasteiger partial charge in [-0.15, -0.1) is 0 Å². The lowest BCUT2D eigenvalue weighted by Gasteiger charge is -2.17. The molecule has 61 heavy (non-hydrogen) atoms. The molecule has 0 radical (unpaired) electrons. The Labute approximate surface area is 404 Å². The van der Waals surface area contributed by atoms with Gasteiger partial charge in [0, 0.05) is 27.5 Å². The average Bonchev–Trinajstić information content (AvgIpc) is 1.50. The first-order valence-electron chi connectivity index (χ1n) is 35.3. The molecule has 0 saturated heterocycles. The third kappa shape index (κ3) is 6.76. The molecule has 11 aromatic rings. The maximum atomic E-state index is 9.71. The van der Waals surface area contributed by atoms with Gasteiger partial charge in [0.25, 0.3) is 0 Å². The molecule has 0 spiro atoms. The second-order valence-corrected chi connectivity index (χ2v) is 12.6. The summed E-state index contributed by atoms with van der Waals surface area (Å²) in [6, 6.07) is -31.3. The van der Waals surface area contributed by atoms with E-state index in [-0.39, 0.29) is 0 Å². The Morgan fingerprint density at radius 2 is 0.787 bits per heavy atom. The second kappa shape index (κ2) is 15.5. The van der Waals surface area contributed by atoms with E-state index in [1.165, 1.54) is 0 Å². The van der Waals surface area contributed by atoms with Gasteiger partial charge in [-0.05, 0) is 80.8 Å². The lowest BCUT2D eigenvalue weighted by atomic mass is 9.97. The Morgan fingerprint density at radius 1 is 0.328 bits per heavy atom. The molecular weight excluding hydrogens is 741 g/mol. The van der Waals surface area contributed by atoms with Crippen LogP contribution in [0.5, 0.6) is 0 Å². The van der Waals surface area contributed by atoms with Crippen LogP contribution in [-0.4, -0.2) is 19.5 Å². The number of aromatic nitrogens is 4. The van der Waals surface area contributed by atoms with E-state index in [9.17, 15) is 12.3 Å². The minimum Gasteiger partial charge on any atom is -0.308 e. The van der Waals surface area contributed by atoms with Gasteiger partial charge in [-0.25, -0.2) is 15.0 Å². The largest absolute Gasteiger partial charge is 0.308 e. The highest BCUT2D eigenvalue weighted by atomic mass is 15.1. The molecule has 0 unspecified atom stereocenters. The summed E-state index contributed by atoms with van der Waals surface area (Å²) in [5.74, 6) is -2.90. The molecule has 4 nitrogen and oxygen atoms in total. The standard InChI is InChI=1S/C57H38N4/c1-5-18-39(19-6-1)43-26-15-28-45(36-43)46-34-35-52(61-51-32-14-13-30-49(51)54-48(31-17-33-53(54)61)41-22-9-3-10-23-41)50(38-46)57-59-55(42-24-11-4-12-25-42)58-56(60-57)47-29-16-27-44(37-47)40-20-7-2-8-21-40/h1-38H/i1D,2D,3D,4D,5D,6D,7D,8D,9D,10D,11D,12D,13D,14D,15D,16D,17D,18D,19D,20D,21D,22D,23D,24D,25D,26D,27D,28D,29D,30D,31D,32D,33D,36D,37D. The van der Waals surface area contributed by atoms with Gasteiger partial charge in [0.05, 0.1) is 64.7 Å². The second-order valence-electron chi connectivity index (χ2n) is 12.6. The van der Waals surface area contributed by atoms with E-state index in [4.69, 9.17) is 35.6 Å². The van der Waals surface area contributed by atoms with Crippen LogP contribution in [0.25, 0.3) is 106 Å². The van der Waals surface area contributed by atoms with E-state index in [2.05, 4.69) is 15.0 Å². The normalized spacial score (nSPS) is 19.3. The number of fused-ring (bicyclic) bond motifs is 3. The van der Waals surface area contributed by atoms with Crippen LogP contribution in [0.15, 0.2) is 230 Å². The highest BCUT2D eigenvalue weighted by Crippen LogP contribution is 2.42. The molecule has 286 valence electrons. The molecule has 0 fully saturated rings. The van der Waals surface area contributed by atoms with E-state index in [0.29, 0.717) is 0 Å². The molecule has 0 bridgehead atoms. The quantitative estimate of drug-likeness (QED) is 0.153. The van der Waals surface area contributed by atoms with Gasteiger partial charge in [-0.2, -0.15) is 0 Å². The molecule has 0 amide bonds. The lowest BCUT2D eigenvalue weighted by molar-refractivity contribution is 1.06. The molecule has 2 aromatic heterocycles. The fourth-order valence-corrected chi connectivity index (χ4v) is 6.47. The molecule has 0 N–H and O–H groups in total. The summed E-state index contributed by atoms with van der Waals surface area (Å²) in [6.07, 6.45) is 0. The number of nitrogens with zero attached hydrogens (tertiary/aromatic N) is 4. The third-order valence-electron chi connectivity index (χ3n) is 9.07. The Kier molecular flexibility index (Phi) is 3.77. The summed E-state index contributed by atoms with van der Waals surface area (Å²) >= 11 is 0. The SMILES string of the molecule is [2H]c1c([2H])c([2H])c(-c2nc(-c3cc(-c4c([2H])c([2H])c([2H])c(-c5c([2H])c([2H])c([2H])c([2H])c5[2H])c4[2H])ccc3-n3c4c([2H])c([2H])c([2H])c([2H])c4c4c(-c5c([2H])c([2H])c([2H])c([2H])c5[2H])c([2H])c([2H])c([2H])c43)nc(-c3c([2H])c([2H])c([2H])c(-c4c([2H])c([2H])c([2H])c([2H])c4[2H])c3[2H])n2)c([2H])c1[2H]. The van der Waals surface area contributed by atoms with Crippen molar-refractivity contribution in [2.45, 2.75) is 0 Å². The van der Waals surface area contributed by atoms with Crippen molar-refractivity contribution in [2.75, 3.05) is 0 Å². The van der Waals surface area contributed by atoms with Crippen LogP contribution in [0.4, 0.5) is 0 Å². The zero-order valence-corrected chi connectivity index (χ0v) is 30.5. The van der Waals surface area contributed by atoms with Crippen LogP contribution in [0, 0.1) is 0 Å².